The number of methoxy groups -OCH3 is 1. The Labute approximate surface area is 141 Å². The number of aromatic nitrogens is 1. The van der Waals surface area contributed by atoms with Crippen LogP contribution in [0.2, 0.25) is 0 Å². The highest BCUT2D eigenvalue weighted by molar-refractivity contribution is 7.13. The first kappa shape index (κ1) is 19.2. The van der Waals surface area contributed by atoms with Gasteiger partial charge < -0.3 is 9.47 Å². The van der Waals surface area contributed by atoms with Gasteiger partial charge in [0.05, 0.1) is 18.8 Å². The number of hydrazine groups is 1. The summed E-state index contributed by atoms with van der Waals surface area (Å²) in [5, 5.41) is 3.85. The Morgan fingerprint density at radius 1 is 1.43 bits per heavy atom. The molecule has 7 nitrogen and oxygen atoms in total. The predicted molar refractivity (Wildman–Crippen MR) is 89.3 cm³/mol. The monoisotopic (exact) mass is 343 g/mol. The summed E-state index contributed by atoms with van der Waals surface area (Å²) in [5.74, 6) is -0.314. The number of aryl methyl sites for hydroxylation is 1. The molecule has 1 unspecified atom stereocenters. The highest BCUT2D eigenvalue weighted by Crippen LogP contribution is 2.20. The molecule has 1 rings (SSSR count). The average molecular weight is 343 g/mol. The Balaban J connectivity index is 2.82. The van der Waals surface area contributed by atoms with E-state index in [4.69, 9.17) is 4.74 Å². The maximum absolute atomic E-state index is 12.4. The molecule has 1 amide bonds. The van der Waals surface area contributed by atoms with Crippen molar-refractivity contribution >= 4 is 28.5 Å². The molecule has 0 fully saturated rings. The molecule has 1 atom stereocenters. The van der Waals surface area contributed by atoms with Gasteiger partial charge in [0.2, 0.25) is 5.13 Å². The predicted octanol–water partition coefficient (Wildman–Crippen LogP) is 3.36. The molecule has 1 N–H and O–H groups in total. The molecule has 0 saturated carbocycles. The third-order valence-corrected chi connectivity index (χ3v) is 3.72. The van der Waals surface area contributed by atoms with Gasteiger partial charge in [-0.25, -0.2) is 14.8 Å². The summed E-state index contributed by atoms with van der Waals surface area (Å²) in [6, 6.07) is -0.270. The van der Waals surface area contributed by atoms with Crippen LogP contribution in [0.1, 0.15) is 46.2 Å². The van der Waals surface area contributed by atoms with E-state index in [1.54, 1.807) is 20.8 Å². The van der Waals surface area contributed by atoms with Crippen LogP contribution >= 0.6 is 11.3 Å². The van der Waals surface area contributed by atoms with Crippen LogP contribution in [0.3, 0.4) is 0 Å². The number of thiazole rings is 1. The van der Waals surface area contributed by atoms with E-state index in [0.29, 0.717) is 11.6 Å². The van der Waals surface area contributed by atoms with Gasteiger partial charge in [-0.1, -0.05) is 0 Å². The maximum atomic E-state index is 12.4. The molecule has 0 saturated heterocycles. The summed E-state index contributed by atoms with van der Waals surface area (Å²) in [6.07, 6.45) is 0.154. The van der Waals surface area contributed by atoms with Crippen LogP contribution in [0.4, 0.5) is 9.93 Å². The normalized spacial score (nSPS) is 12.4. The van der Waals surface area contributed by atoms with Crippen molar-refractivity contribution in [2.45, 2.75) is 59.1 Å². The Morgan fingerprint density at radius 3 is 2.57 bits per heavy atom. The zero-order chi connectivity index (χ0) is 17.6. The molecule has 1 aromatic heterocycles. The van der Waals surface area contributed by atoms with E-state index in [2.05, 4.69) is 15.1 Å². The van der Waals surface area contributed by atoms with E-state index in [1.807, 2.05) is 19.2 Å². The molecule has 0 aliphatic carbocycles. The number of anilines is 1. The summed E-state index contributed by atoms with van der Waals surface area (Å²) in [5.41, 5.74) is 3.23. The minimum absolute atomic E-state index is 0.218. The average Bonchev–Trinajstić information content (AvgIpc) is 2.85. The molecule has 23 heavy (non-hydrogen) atoms. The van der Waals surface area contributed by atoms with E-state index in [-0.39, 0.29) is 18.4 Å². The summed E-state index contributed by atoms with van der Waals surface area (Å²) in [6.45, 7) is 9.11. The molecule has 0 aromatic carbocycles. The fraction of sp³-hybridized carbons (Fsp3) is 0.667. The lowest BCUT2D eigenvalue weighted by Crippen LogP contribution is -2.45. The number of hydrogen-bond donors (Lipinski definition) is 1. The molecule has 130 valence electrons. The van der Waals surface area contributed by atoms with Crippen molar-refractivity contribution in [1.82, 2.24) is 9.99 Å². The van der Waals surface area contributed by atoms with Gasteiger partial charge in [-0.05, 0) is 41.0 Å². The number of amides is 1. The van der Waals surface area contributed by atoms with Crippen LogP contribution in [0.25, 0.3) is 0 Å². The summed E-state index contributed by atoms with van der Waals surface area (Å²) in [4.78, 5) is 28.0. The Kier molecular flexibility index (Phi) is 6.80. The molecule has 0 spiro atoms. The van der Waals surface area contributed by atoms with Crippen molar-refractivity contribution in [2.75, 3.05) is 12.5 Å². The van der Waals surface area contributed by atoms with Gasteiger partial charge in [0, 0.05) is 11.8 Å². The maximum Gasteiger partial charge on any atom is 0.429 e. The lowest BCUT2D eigenvalue weighted by Gasteiger charge is -2.31. The number of esters is 1. The van der Waals surface area contributed by atoms with Crippen LogP contribution in [0.15, 0.2) is 5.38 Å². The Bertz CT molecular complexity index is 539. The SMILES string of the molecule is COC(=O)CCC(C)N(Nc1nc(C)cs1)C(=O)OC(C)(C)C. The van der Waals surface area contributed by atoms with Crippen LogP contribution in [-0.4, -0.2) is 40.8 Å². The third kappa shape index (κ3) is 6.85. The zero-order valence-corrected chi connectivity index (χ0v) is 15.3. The molecule has 8 heteroatoms. The van der Waals surface area contributed by atoms with Gasteiger partial charge in [0.1, 0.15) is 5.60 Å². The fourth-order valence-electron chi connectivity index (χ4n) is 1.71. The van der Waals surface area contributed by atoms with E-state index in [9.17, 15) is 9.59 Å². The van der Waals surface area contributed by atoms with Crippen molar-refractivity contribution in [3.63, 3.8) is 0 Å². The highest BCUT2D eigenvalue weighted by atomic mass is 32.1. The number of ether oxygens (including phenoxy) is 2. The van der Waals surface area contributed by atoms with Gasteiger partial charge in [0.25, 0.3) is 0 Å². The molecule has 0 aliphatic rings. The van der Waals surface area contributed by atoms with Gasteiger partial charge in [-0.3, -0.25) is 10.2 Å². The second-order valence-electron chi connectivity index (χ2n) is 6.22. The highest BCUT2D eigenvalue weighted by Gasteiger charge is 2.27. The fourth-order valence-corrected chi connectivity index (χ4v) is 2.40. The topological polar surface area (TPSA) is 80.8 Å². The molecule has 1 aromatic rings. The van der Waals surface area contributed by atoms with Crippen LogP contribution in [0.5, 0.6) is 0 Å². The quantitative estimate of drug-likeness (QED) is 0.630. The lowest BCUT2D eigenvalue weighted by atomic mass is 10.2. The first-order valence-corrected chi connectivity index (χ1v) is 8.28. The number of nitrogens with zero attached hydrogens (tertiary/aromatic N) is 2. The number of carbonyl (C=O) groups is 2. The molecule has 0 radical (unpaired) electrons. The Hall–Kier alpha value is -1.83. The van der Waals surface area contributed by atoms with Crippen molar-refractivity contribution in [3.05, 3.63) is 11.1 Å². The number of nitrogens with one attached hydrogen (secondary N) is 1. The van der Waals surface area contributed by atoms with Crippen molar-refractivity contribution in [3.8, 4) is 0 Å². The van der Waals surface area contributed by atoms with Crippen LogP contribution < -0.4 is 5.43 Å². The lowest BCUT2D eigenvalue weighted by molar-refractivity contribution is -0.141. The second kappa shape index (κ2) is 8.14. The molecular weight excluding hydrogens is 318 g/mol. The zero-order valence-electron chi connectivity index (χ0n) is 14.5. The molecule has 1 heterocycles. The Morgan fingerprint density at radius 2 is 2.09 bits per heavy atom. The van der Waals surface area contributed by atoms with Gasteiger partial charge in [-0.15, -0.1) is 11.3 Å². The van der Waals surface area contributed by atoms with Crippen molar-refractivity contribution < 1.29 is 19.1 Å². The van der Waals surface area contributed by atoms with E-state index in [0.717, 1.165) is 5.69 Å². The first-order chi connectivity index (χ1) is 10.6. The van der Waals surface area contributed by atoms with E-state index in [1.165, 1.54) is 23.5 Å². The second-order valence-corrected chi connectivity index (χ2v) is 7.08. The number of carbonyl (C=O) groups excluding carboxylic acids is 2. The van der Waals surface area contributed by atoms with Crippen molar-refractivity contribution in [1.29, 1.82) is 0 Å². The standard InChI is InChI=1S/C15H25N3O4S/c1-10-9-23-13(16-10)17-18(14(20)22-15(3,4)5)11(2)7-8-12(19)21-6/h9,11H,7-8H2,1-6H3,(H,16,17). The van der Waals surface area contributed by atoms with Crippen LogP contribution in [0, 0.1) is 6.92 Å². The summed E-state index contributed by atoms with van der Waals surface area (Å²) < 4.78 is 10.1. The van der Waals surface area contributed by atoms with E-state index >= 15 is 0 Å². The molecule has 0 aliphatic heterocycles. The first-order valence-electron chi connectivity index (χ1n) is 7.40. The van der Waals surface area contributed by atoms with E-state index < -0.39 is 11.7 Å². The number of rotatable bonds is 6. The molecule has 0 bridgehead atoms. The molecular formula is C15H25N3O4S. The van der Waals surface area contributed by atoms with Gasteiger partial charge >= 0.3 is 12.1 Å². The van der Waals surface area contributed by atoms with Gasteiger partial charge in [-0.2, -0.15) is 0 Å². The largest absolute Gasteiger partial charge is 0.469 e. The van der Waals surface area contributed by atoms with Gasteiger partial charge in [0.15, 0.2) is 0 Å². The summed E-state index contributed by atoms with van der Waals surface area (Å²) >= 11 is 1.40. The minimum Gasteiger partial charge on any atom is -0.469 e. The van der Waals surface area contributed by atoms with Crippen molar-refractivity contribution in [2.24, 2.45) is 0 Å². The summed E-state index contributed by atoms with van der Waals surface area (Å²) in [7, 11) is 1.34. The smallest absolute Gasteiger partial charge is 0.429 e. The minimum atomic E-state index is -0.613. The third-order valence-electron chi connectivity index (χ3n) is 2.86. The van der Waals surface area contributed by atoms with Crippen LogP contribution in [-0.2, 0) is 14.3 Å². The number of hydrogen-bond acceptors (Lipinski definition) is 7.